The van der Waals surface area contributed by atoms with Crippen LogP contribution in [0, 0.1) is 13.8 Å². The van der Waals surface area contributed by atoms with Gasteiger partial charge in [-0.25, -0.2) is 4.99 Å². The minimum atomic E-state index is 0.260. The highest BCUT2D eigenvalue weighted by Crippen LogP contribution is 2.37. The Labute approximate surface area is 131 Å². The van der Waals surface area contributed by atoms with Gasteiger partial charge in [0.05, 0.1) is 12.0 Å². The molecule has 0 atom stereocenters. The summed E-state index contributed by atoms with van der Waals surface area (Å²) < 4.78 is 6.14. The molecule has 106 valence electrons. The second-order valence-corrected chi connectivity index (χ2v) is 6.02. The third kappa shape index (κ3) is 3.42. The van der Waals surface area contributed by atoms with Crippen molar-refractivity contribution >= 4 is 46.6 Å². The topological polar surface area (TPSA) is 46.5 Å². The molecule has 0 bridgehead atoms. The van der Waals surface area contributed by atoms with Crippen molar-refractivity contribution in [3.63, 3.8) is 0 Å². The number of aliphatic imine (C=N–C) groups is 1. The molecule has 7 heteroatoms. The molecule has 0 radical (unpaired) electrons. The summed E-state index contributed by atoms with van der Waals surface area (Å²) in [6.45, 7) is 3.92. The Hall–Kier alpha value is -1.30. The molecule has 0 spiro atoms. The van der Waals surface area contributed by atoms with Crippen molar-refractivity contribution < 1.29 is 4.74 Å². The second-order valence-electron chi connectivity index (χ2n) is 4.10. The van der Waals surface area contributed by atoms with Crippen LogP contribution in [0.1, 0.15) is 11.1 Å². The molecule has 1 aromatic heterocycles. The average molecular weight is 330 g/mol. The van der Waals surface area contributed by atoms with Crippen LogP contribution >= 0.6 is 34.5 Å². The summed E-state index contributed by atoms with van der Waals surface area (Å²) >= 11 is 12.9. The van der Waals surface area contributed by atoms with Crippen LogP contribution in [0.4, 0.5) is 5.69 Å². The van der Waals surface area contributed by atoms with Gasteiger partial charge in [0.25, 0.3) is 5.19 Å². The van der Waals surface area contributed by atoms with E-state index in [1.807, 2.05) is 26.0 Å². The number of nitrogens with one attached hydrogen (secondary N) is 1. The minimum Gasteiger partial charge on any atom is -0.431 e. The number of hydrogen-bond acceptors (Lipinski definition) is 4. The summed E-state index contributed by atoms with van der Waals surface area (Å²) in [4.78, 5) is 8.34. The first-order chi connectivity index (χ1) is 9.51. The number of thiazole rings is 1. The highest BCUT2D eigenvalue weighted by Gasteiger charge is 2.11. The van der Waals surface area contributed by atoms with Gasteiger partial charge in [0, 0.05) is 7.05 Å². The molecule has 0 unspecified atom stereocenters. The zero-order valence-corrected chi connectivity index (χ0v) is 13.5. The maximum atomic E-state index is 5.87. The molecule has 0 amide bonds. The molecule has 20 heavy (non-hydrogen) atoms. The summed E-state index contributed by atoms with van der Waals surface area (Å²) in [5.74, 6) is 0.716. The molecule has 0 aliphatic heterocycles. The predicted molar refractivity (Wildman–Crippen MR) is 85.3 cm³/mol. The number of hydrogen-bond donors (Lipinski definition) is 1. The van der Waals surface area contributed by atoms with Gasteiger partial charge in [0.15, 0.2) is 5.15 Å². The second kappa shape index (κ2) is 6.43. The normalized spacial score (nSPS) is 11.1. The van der Waals surface area contributed by atoms with Crippen molar-refractivity contribution in [3.8, 4) is 10.9 Å². The van der Waals surface area contributed by atoms with Crippen LogP contribution in [-0.4, -0.2) is 18.4 Å². The number of halogens is 2. The summed E-state index contributed by atoms with van der Waals surface area (Å²) in [5, 5.41) is 3.55. The molecule has 2 aromatic rings. The lowest BCUT2D eigenvalue weighted by atomic mass is 10.1. The predicted octanol–water partition coefficient (Wildman–Crippen LogP) is 4.74. The van der Waals surface area contributed by atoms with E-state index in [2.05, 4.69) is 15.3 Å². The summed E-state index contributed by atoms with van der Waals surface area (Å²) in [7, 11) is 1.80. The zero-order chi connectivity index (χ0) is 14.7. The van der Waals surface area contributed by atoms with Crippen molar-refractivity contribution in [1.82, 2.24) is 10.3 Å². The van der Waals surface area contributed by atoms with E-state index < -0.39 is 0 Å². The van der Waals surface area contributed by atoms with Crippen LogP contribution in [0.15, 0.2) is 17.1 Å². The van der Waals surface area contributed by atoms with E-state index in [9.17, 15) is 0 Å². The quantitative estimate of drug-likeness (QED) is 0.651. The standard InChI is InChI=1S/C13H13Cl2N3OS/c1-7-5-10(8(2)4-9(7)17-6-16-3)19-13-18-11(14)12(15)20-13/h4-6H,1-3H3,(H,16,17). The van der Waals surface area contributed by atoms with Gasteiger partial charge in [-0.05, 0) is 37.1 Å². The summed E-state index contributed by atoms with van der Waals surface area (Å²) in [5.41, 5.74) is 2.85. The third-order valence-electron chi connectivity index (χ3n) is 2.55. The van der Waals surface area contributed by atoms with Gasteiger partial charge >= 0.3 is 0 Å². The monoisotopic (exact) mass is 329 g/mol. The summed E-state index contributed by atoms with van der Waals surface area (Å²) in [6.07, 6.45) is 1.64. The fourth-order valence-corrected chi connectivity index (χ4v) is 2.60. The van der Waals surface area contributed by atoms with E-state index in [-0.39, 0.29) is 5.15 Å². The Kier molecular flexibility index (Phi) is 4.86. The highest BCUT2D eigenvalue weighted by molar-refractivity contribution is 7.18. The number of rotatable bonds is 4. The fourth-order valence-electron chi connectivity index (χ4n) is 1.56. The molecule has 0 fully saturated rings. The van der Waals surface area contributed by atoms with Gasteiger partial charge in [-0.3, -0.25) is 0 Å². The Morgan fingerprint density at radius 3 is 2.65 bits per heavy atom. The molecule has 0 saturated carbocycles. The molecule has 1 N–H and O–H groups in total. The molecular weight excluding hydrogens is 317 g/mol. The molecule has 0 aliphatic carbocycles. The molecule has 4 nitrogen and oxygen atoms in total. The van der Waals surface area contributed by atoms with Crippen LogP contribution in [0.3, 0.4) is 0 Å². The number of ether oxygens (including phenoxy) is 1. The van der Waals surface area contributed by atoms with Gasteiger partial charge in [0.1, 0.15) is 10.1 Å². The van der Waals surface area contributed by atoms with Crippen molar-refractivity contribution in [2.75, 3.05) is 7.05 Å². The number of aryl methyl sites for hydroxylation is 2. The smallest absolute Gasteiger partial charge is 0.281 e. The molecule has 0 aliphatic rings. The van der Waals surface area contributed by atoms with E-state index in [4.69, 9.17) is 27.9 Å². The van der Waals surface area contributed by atoms with Gasteiger partial charge < -0.3 is 10.1 Å². The maximum absolute atomic E-state index is 5.87. The lowest BCUT2D eigenvalue weighted by Crippen LogP contribution is -2.00. The van der Waals surface area contributed by atoms with Gasteiger partial charge in [0.2, 0.25) is 0 Å². The van der Waals surface area contributed by atoms with Gasteiger partial charge in [-0.2, -0.15) is 4.98 Å². The summed E-state index contributed by atoms with van der Waals surface area (Å²) in [6, 6.07) is 3.87. The Morgan fingerprint density at radius 1 is 1.30 bits per heavy atom. The Morgan fingerprint density at radius 2 is 2.05 bits per heavy atom. The fraction of sp³-hybridized carbons (Fsp3) is 0.231. The van der Waals surface area contributed by atoms with E-state index in [1.165, 1.54) is 11.3 Å². The third-order valence-corrected chi connectivity index (χ3v) is 4.17. The number of aromatic nitrogens is 1. The van der Waals surface area contributed by atoms with Crippen LogP contribution < -0.4 is 10.1 Å². The first kappa shape index (κ1) is 15.1. The molecule has 1 heterocycles. The molecule has 1 aromatic carbocycles. The van der Waals surface area contributed by atoms with Crippen molar-refractivity contribution in [3.05, 3.63) is 32.7 Å². The zero-order valence-electron chi connectivity index (χ0n) is 11.2. The SMILES string of the molecule is CNC=Nc1cc(C)c(Oc2nc(Cl)c(Cl)s2)cc1C. The molecule has 2 rings (SSSR count). The Bertz CT molecular complexity index is 636. The van der Waals surface area contributed by atoms with Crippen LogP contribution in [-0.2, 0) is 0 Å². The first-order valence-corrected chi connectivity index (χ1v) is 7.39. The van der Waals surface area contributed by atoms with Crippen molar-refractivity contribution in [2.45, 2.75) is 13.8 Å². The van der Waals surface area contributed by atoms with E-state index in [1.54, 1.807) is 13.4 Å². The lowest BCUT2D eigenvalue weighted by molar-refractivity contribution is 0.475. The first-order valence-electron chi connectivity index (χ1n) is 5.82. The largest absolute Gasteiger partial charge is 0.431 e. The lowest BCUT2D eigenvalue weighted by Gasteiger charge is -2.09. The molecule has 0 saturated heterocycles. The highest BCUT2D eigenvalue weighted by atomic mass is 35.5. The van der Waals surface area contributed by atoms with E-state index in [0.29, 0.717) is 15.3 Å². The van der Waals surface area contributed by atoms with Crippen molar-refractivity contribution in [2.24, 2.45) is 4.99 Å². The van der Waals surface area contributed by atoms with Gasteiger partial charge in [-0.1, -0.05) is 34.5 Å². The van der Waals surface area contributed by atoms with Crippen LogP contribution in [0.25, 0.3) is 0 Å². The Balaban J connectivity index is 2.29. The maximum Gasteiger partial charge on any atom is 0.281 e. The molecular formula is C13H13Cl2N3OS. The van der Waals surface area contributed by atoms with E-state index in [0.717, 1.165) is 16.8 Å². The van der Waals surface area contributed by atoms with E-state index >= 15 is 0 Å². The number of benzene rings is 1. The van der Waals surface area contributed by atoms with Crippen LogP contribution in [0.2, 0.25) is 9.49 Å². The average Bonchev–Trinajstić information content (AvgIpc) is 2.71. The van der Waals surface area contributed by atoms with Gasteiger partial charge in [-0.15, -0.1) is 0 Å². The van der Waals surface area contributed by atoms with Crippen LogP contribution in [0.5, 0.6) is 10.9 Å². The number of nitrogens with zero attached hydrogens (tertiary/aromatic N) is 2. The minimum absolute atomic E-state index is 0.260. The van der Waals surface area contributed by atoms with Crippen molar-refractivity contribution in [1.29, 1.82) is 0 Å².